The number of ether oxygens (including phenoxy) is 2. The lowest BCUT2D eigenvalue weighted by Gasteiger charge is -2.16. The number of aromatic nitrogens is 2. The first-order valence-electron chi connectivity index (χ1n) is 8.08. The van der Waals surface area contributed by atoms with Crippen LogP contribution in [-0.2, 0) is 18.4 Å². The molecule has 0 spiro atoms. The zero-order valence-electron chi connectivity index (χ0n) is 14.8. The third kappa shape index (κ3) is 5.16. The molecule has 2 N–H and O–H groups in total. The minimum absolute atomic E-state index is 0.0413. The minimum atomic E-state index is -2.93. The number of likely N-dealkylation sites (N-methyl/N-ethyl adjacent to an activating group) is 1. The summed E-state index contributed by atoms with van der Waals surface area (Å²) in [5.74, 6) is -0.0660. The molecule has 2 rings (SSSR count). The predicted octanol–water partition coefficient (Wildman–Crippen LogP) is 2.00. The van der Waals surface area contributed by atoms with Crippen molar-refractivity contribution in [2.45, 2.75) is 26.1 Å². The lowest BCUT2D eigenvalue weighted by atomic mass is 10.1. The average Bonchev–Trinajstić information content (AvgIpc) is 3.01. The number of carbonyl (C=O) groups excluding carboxylic acids is 1. The molecule has 7 nitrogen and oxygen atoms in total. The second-order valence-corrected chi connectivity index (χ2v) is 5.48. The molecule has 0 fully saturated rings. The van der Waals surface area contributed by atoms with Gasteiger partial charge in [-0.15, -0.1) is 0 Å². The van der Waals surface area contributed by atoms with E-state index in [1.165, 1.54) is 6.07 Å². The van der Waals surface area contributed by atoms with Gasteiger partial charge < -0.3 is 20.1 Å². The van der Waals surface area contributed by atoms with Gasteiger partial charge in [0.15, 0.2) is 11.5 Å². The van der Waals surface area contributed by atoms with Gasteiger partial charge in [-0.05, 0) is 31.7 Å². The normalized spacial score (nSPS) is 12.1. The van der Waals surface area contributed by atoms with E-state index in [-0.39, 0.29) is 24.0 Å². The summed E-state index contributed by atoms with van der Waals surface area (Å²) < 4.78 is 36.3. The number of benzene rings is 1. The average molecular weight is 368 g/mol. The fourth-order valence-corrected chi connectivity index (χ4v) is 2.45. The number of carbonyl (C=O) groups is 1. The van der Waals surface area contributed by atoms with Gasteiger partial charge in [-0.25, -0.2) is 0 Å². The summed E-state index contributed by atoms with van der Waals surface area (Å²) in [5, 5.41) is 9.80. The summed E-state index contributed by atoms with van der Waals surface area (Å²) in [5.41, 5.74) is 1.44. The monoisotopic (exact) mass is 368 g/mol. The van der Waals surface area contributed by atoms with E-state index in [1.807, 2.05) is 0 Å². The third-order valence-electron chi connectivity index (χ3n) is 3.60. The standard InChI is InChI=1S/C17H22F2N4O3/c1-4-25-14-7-11(5-6-13(14)26-17(18)19)8-21-16(24)15(20-2)12-9-22-23(3)10-12/h5-7,9-10,15,17,20H,4,8H2,1-3H3,(H,21,24). The van der Waals surface area contributed by atoms with Gasteiger partial charge in [0.1, 0.15) is 6.04 Å². The molecule has 1 aromatic heterocycles. The van der Waals surface area contributed by atoms with Crippen molar-refractivity contribution in [3.63, 3.8) is 0 Å². The summed E-state index contributed by atoms with van der Waals surface area (Å²) in [6.45, 7) is -0.674. The van der Waals surface area contributed by atoms with E-state index in [0.717, 1.165) is 5.56 Å². The van der Waals surface area contributed by atoms with Crippen LogP contribution in [0.25, 0.3) is 0 Å². The molecule has 26 heavy (non-hydrogen) atoms. The Hall–Kier alpha value is -2.68. The lowest BCUT2D eigenvalue weighted by molar-refractivity contribution is -0.123. The number of nitrogens with one attached hydrogen (secondary N) is 2. The molecule has 2 aromatic rings. The Labute approximate surface area is 150 Å². The van der Waals surface area contributed by atoms with Crippen LogP contribution in [0.1, 0.15) is 24.1 Å². The van der Waals surface area contributed by atoms with Gasteiger partial charge in [0.05, 0.1) is 12.8 Å². The van der Waals surface area contributed by atoms with E-state index in [4.69, 9.17) is 4.74 Å². The maximum Gasteiger partial charge on any atom is 0.387 e. The summed E-state index contributed by atoms with van der Waals surface area (Å²) in [6, 6.07) is 4.02. The van der Waals surface area contributed by atoms with Crippen molar-refractivity contribution in [2.75, 3.05) is 13.7 Å². The van der Waals surface area contributed by atoms with Crippen LogP contribution in [0.15, 0.2) is 30.6 Å². The molecule has 1 amide bonds. The summed E-state index contributed by atoms with van der Waals surface area (Å²) in [6.07, 6.45) is 3.37. The molecule has 0 aliphatic heterocycles. The van der Waals surface area contributed by atoms with E-state index in [2.05, 4.69) is 20.5 Å². The molecule has 0 saturated heterocycles. The number of amides is 1. The van der Waals surface area contributed by atoms with E-state index in [1.54, 1.807) is 50.2 Å². The van der Waals surface area contributed by atoms with Crippen LogP contribution in [-0.4, -0.2) is 36.0 Å². The quantitative estimate of drug-likeness (QED) is 0.708. The van der Waals surface area contributed by atoms with Crippen molar-refractivity contribution in [1.82, 2.24) is 20.4 Å². The van der Waals surface area contributed by atoms with Crippen molar-refractivity contribution in [1.29, 1.82) is 0 Å². The molecular weight excluding hydrogens is 346 g/mol. The molecule has 1 unspecified atom stereocenters. The Morgan fingerprint density at radius 3 is 2.69 bits per heavy atom. The van der Waals surface area contributed by atoms with Crippen LogP contribution < -0.4 is 20.1 Å². The summed E-state index contributed by atoms with van der Waals surface area (Å²) in [4.78, 5) is 12.4. The molecule has 1 aromatic carbocycles. The molecule has 0 aliphatic carbocycles. The van der Waals surface area contributed by atoms with Gasteiger partial charge in [0.25, 0.3) is 0 Å². The van der Waals surface area contributed by atoms with E-state index in [9.17, 15) is 13.6 Å². The summed E-state index contributed by atoms with van der Waals surface area (Å²) >= 11 is 0. The largest absolute Gasteiger partial charge is 0.490 e. The second kappa shape index (κ2) is 9.14. The number of nitrogens with zero attached hydrogens (tertiary/aromatic N) is 2. The lowest BCUT2D eigenvalue weighted by Crippen LogP contribution is -2.35. The zero-order valence-corrected chi connectivity index (χ0v) is 14.8. The van der Waals surface area contributed by atoms with Gasteiger partial charge in [-0.1, -0.05) is 6.07 Å². The number of rotatable bonds is 9. The molecule has 0 aliphatic rings. The van der Waals surface area contributed by atoms with Gasteiger partial charge in [-0.3, -0.25) is 9.48 Å². The van der Waals surface area contributed by atoms with E-state index >= 15 is 0 Å². The maximum atomic E-state index is 12.4. The fraction of sp³-hybridized carbons (Fsp3) is 0.412. The first kappa shape index (κ1) is 19.6. The fourth-order valence-electron chi connectivity index (χ4n) is 2.45. The van der Waals surface area contributed by atoms with E-state index < -0.39 is 12.7 Å². The number of aryl methyl sites for hydroxylation is 1. The molecule has 1 atom stereocenters. The smallest absolute Gasteiger partial charge is 0.387 e. The minimum Gasteiger partial charge on any atom is -0.490 e. The van der Waals surface area contributed by atoms with Crippen molar-refractivity contribution < 1.29 is 23.0 Å². The second-order valence-electron chi connectivity index (χ2n) is 5.48. The van der Waals surface area contributed by atoms with Gasteiger partial charge >= 0.3 is 6.61 Å². The Bertz CT molecular complexity index is 737. The van der Waals surface area contributed by atoms with Gasteiger partial charge in [0.2, 0.25) is 5.91 Å². The molecule has 0 radical (unpaired) electrons. The van der Waals surface area contributed by atoms with Crippen LogP contribution in [0.4, 0.5) is 8.78 Å². The third-order valence-corrected chi connectivity index (χ3v) is 3.60. The highest BCUT2D eigenvalue weighted by Gasteiger charge is 2.20. The number of hydrogen-bond acceptors (Lipinski definition) is 5. The predicted molar refractivity (Wildman–Crippen MR) is 91.1 cm³/mol. The topological polar surface area (TPSA) is 77.4 Å². The number of halogens is 2. The Balaban J connectivity index is 2.05. The highest BCUT2D eigenvalue weighted by atomic mass is 19.3. The Morgan fingerprint density at radius 1 is 1.35 bits per heavy atom. The van der Waals surface area contributed by atoms with Crippen molar-refractivity contribution >= 4 is 5.91 Å². The number of hydrogen-bond donors (Lipinski definition) is 2. The maximum absolute atomic E-state index is 12.4. The van der Waals surface area contributed by atoms with Crippen LogP contribution >= 0.6 is 0 Å². The first-order chi connectivity index (χ1) is 12.4. The number of alkyl halides is 2. The molecule has 142 valence electrons. The van der Waals surface area contributed by atoms with Crippen LogP contribution in [0, 0.1) is 0 Å². The Kier molecular flexibility index (Phi) is 6.90. The molecule has 1 heterocycles. The molecule has 0 saturated carbocycles. The van der Waals surface area contributed by atoms with Crippen LogP contribution in [0.2, 0.25) is 0 Å². The molecule has 9 heteroatoms. The highest BCUT2D eigenvalue weighted by Crippen LogP contribution is 2.30. The van der Waals surface area contributed by atoms with Gasteiger partial charge in [-0.2, -0.15) is 13.9 Å². The van der Waals surface area contributed by atoms with Crippen LogP contribution in [0.3, 0.4) is 0 Å². The van der Waals surface area contributed by atoms with Crippen molar-refractivity contribution in [3.8, 4) is 11.5 Å². The molecule has 0 bridgehead atoms. The van der Waals surface area contributed by atoms with E-state index in [0.29, 0.717) is 12.2 Å². The Morgan fingerprint density at radius 2 is 2.12 bits per heavy atom. The van der Waals surface area contributed by atoms with Crippen molar-refractivity contribution in [3.05, 3.63) is 41.7 Å². The van der Waals surface area contributed by atoms with Gasteiger partial charge in [0, 0.05) is 25.4 Å². The highest BCUT2D eigenvalue weighted by molar-refractivity contribution is 5.83. The van der Waals surface area contributed by atoms with Crippen molar-refractivity contribution in [2.24, 2.45) is 7.05 Å². The zero-order chi connectivity index (χ0) is 19.1. The van der Waals surface area contributed by atoms with Crippen LogP contribution in [0.5, 0.6) is 11.5 Å². The molecular formula is C17H22F2N4O3. The summed E-state index contributed by atoms with van der Waals surface area (Å²) in [7, 11) is 3.45. The SMILES string of the molecule is CCOc1cc(CNC(=O)C(NC)c2cnn(C)c2)ccc1OC(F)F. The first-order valence-corrected chi connectivity index (χ1v) is 8.08.